The summed E-state index contributed by atoms with van der Waals surface area (Å²) in [6.07, 6.45) is 2.13. The van der Waals surface area contributed by atoms with Crippen LogP contribution >= 0.6 is 24.0 Å². The van der Waals surface area contributed by atoms with Gasteiger partial charge in [0.2, 0.25) is 5.91 Å². The number of rotatable bonds is 6. The van der Waals surface area contributed by atoms with Crippen molar-refractivity contribution >= 4 is 52.3 Å². The fourth-order valence-corrected chi connectivity index (χ4v) is 4.61. The molecule has 2 aliphatic heterocycles. The lowest BCUT2D eigenvalue weighted by Crippen LogP contribution is -2.50. The van der Waals surface area contributed by atoms with Gasteiger partial charge in [-0.15, -0.1) is 0 Å². The Morgan fingerprint density at radius 3 is 2.45 bits per heavy atom. The highest BCUT2D eigenvalue weighted by Gasteiger charge is 2.32. The van der Waals surface area contributed by atoms with E-state index in [1.807, 2.05) is 0 Å². The van der Waals surface area contributed by atoms with Gasteiger partial charge in [0.25, 0.3) is 5.91 Å². The Hall–Kier alpha value is -2.46. The molecular weight excluding hydrogens is 441 g/mol. The van der Waals surface area contributed by atoms with E-state index in [-0.39, 0.29) is 23.7 Å². The summed E-state index contributed by atoms with van der Waals surface area (Å²) in [6, 6.07) is 5.87. The zero-order valence-corrected chi connectivity index (χ0v) is 18.8. The first kappa shape index (κ1) is 23.2. The van der Waals surface area contributed by atoms with Crippen LogP contribution < -0.4 is 0 Å². The van der Waals surface area contributed by atoms with Gasteiger partial charge in [-0.05, 0) is 37.1 Å². The van der Waals surface area contributed by atoms with Crippen LogP contribution in [0.3, 0.4) is 0 Å². The summed E-state index contributed by atoms with van der Waals surface area (Å²) < 4.78 is 18.5. The smallest absolute Gasteiger partial charge is 0.409 e. The maximum Gasteiger partial charge on any atom is 0.409 e. The number of amides is 3. The third-order valence-electron chi connectivity index (χ3n) is 4.97. The van der Waals surface area contributed by atoms with Crippen LogP contribution in [0.4, 0.5) is 9.18 Å². The number of nitrogens with zero attached hydrogens (tertiary/aromatic N) is 3. The Morgan fingerprint density at radius 1 is 1.16 bits per heavy atom. The van der Waals surface area contributed by atoms with Crippen LogP contribution in [0, 0.1) is 5.82 Å². The van der Waals surface area contributed by atoms with E-state index in [9.17, 15) is 18.8 Å². The first-order chi connectivity index (χ1) is 14.9. The Balaban J connectivity index is 1.45. The van der Waals surface area contributed by atoms with Crippen LogP contribution in [0.1, 0.15) is 25.3 Å². The highest BCUT2D eigenvalue weighted by molar-refractivity contribution is 8.26. The second-order valence-corrected chi connectivity index (χ2v) is 8.73. The zero-order chi connectivity index (χ0) is 22.4. The first-order valence-electron chi connectivity index (χ1n) is 10.1. The minimum Gasteiger partial charge on any atom is -0.450 e. The van der Waals surface area contributed by atoms with Gasteiger partial charge in [-0.25, -0.2) is 9.18 Å². The van der Waals surface area contributed by atoms with Crippen molar-refractivity contribution in [3.8, 4) is 0 Å². The topological polar surface area (TPSA) is 70.2 Å². The summed E-state index contributed by atoms with van der Waals surface area (Å²) >= 11 is 6.52. The lowest BCUT2D eigenvalue weighted by atomic mass is 10.2. The van der Waals surface area contributed by atoms with Gasteiger partial charge in [-0.1, -0.05) is 36.1 Å². The van der Waals surface area contributed by atoms with E-state index in [1.54, 1.807) is 34.9 Å². The SMILES string of the molecule is CCOC(=O)N1CCN(C(=O)CCCN2C(=O)C(=Cc3ccc(F)cc3)SC2=S)CC1. The molecule has 0 aromatic heterocycles. The van der Waals surface area contributed by atoms with E-state index in [2.05, 4.69) is 0 Å². The Bertz CT molecular complexity index is 883. The van der Waals surface area contributed by atoms with Crippen LogP contribution in [0.25, 0.3) is 6.08 Å². The molecule has 3 amide bonds. The molecule has 0 bridgehead atoms. The highest BCUT2D eigenvalue weighted by Crippen LogP contribution is 2.32. The third-order valence-corrected chi connectivity index (χ3v) is 6.35. The molecule has 0 saturated carbocycles. The molecular formula is C21H24FN3O4S2. The number of thioether (sulfide) groups is 1. The van der Waals surface area contributed by atoms with Crippen LogP contribution in [-0.4, -0.2) is 76.3 Å². The molecule has 0 aliphatic carbocycles. The minimum absolute atomic E-state index is 0.00389. The fourth-order valence-electron chi connectivity index (χ4n) is 3.30. The number of ether oxygens (including phenoxy) is 1. The first-order valence-corrected chi connectivity index (χ1v) is 11.3. The van der Waals surface area contributed by atoms with E-state index >= 15 is 0 Å². The van der Waals surface area contributed by atoms with Crippen molar-refractivity contribution in [2.24, 2.45) is 0 Å². The summed E-state index contributed by atoms with van der Waals surface area (Å²) in [7, 11) is 0. The molecule has 10 heteroatoms. The predicted molar refractivity (Wildman–Crippen MR) is 121 cm³/mol. The monoisotopic (exact) mass is 465 g/mol. The van der Waals surface area contributed by atoms with Crippen molar-refractivity contribution in [3.05, 3.63) is 40.6 Å². The molecule has 0 spiro atoms. The van der Waals surface area contributed by atoms with Gasteiger partial charge in [-0.3, -0.25) is 14.5 Å². The molecule has 0 unspecified atom stereocenters. The molecule has 7 nitrogen and oxygen atoms in total. The van der Waals surface area contributed by atoms with Crippen LogP contribution in [-0.2, 0) is 14.3 Å². The molecule has 2 aliphatic rings. The number of thiocarbonyl (C=S) groups is 1. The van der Waals surface area contributed by atoms with Crippen molar-refractivity contribution < 1.29 is 23.5 Å². The number of hydrogen-bond acceptors (Lipinski definition) is 6. The summed E-state index contributed by atoms with van der Waals surface area (Å²) in [5.74, 6) is -0.540. The van der Waals surface area contributed by atoms with E-state index in [1.165, 1.54) is 28.8 Å². The number of carbonyl (C=O) groups excluding carboxylic acids is 3. The summed E-state index contributed by atoms with van der Waals surface area (Å²) in [6.45, 7) is 4.29. The molecule has 31 heavy (non-hydrogen) atoms. The van der Waals surface area contributed by atoms with Gasteiger partial charge in [0, 0.05) is 39.1 Å². The standard InChI is InChI=1S/C21H24FN3O4S2/c1-2-29-20(28)24-12-10-23(11-13-24)18(26)4-3-9-25-19(27)17(31-21(25)30)14-15-5-7-16(22)8-6-15/h5-8,14H,2-4,9-13H2,1H3. The highest BCUT2D eigenvalue weighted by atomic mass is 32.2. The van der Waals surface area contributed by atoms with Crippen LogP contribution in [0.15, 0.2) is 29.2 Å². The molecule has 2 heterocycles. The Kier molecular flexibility index (Phi) is 8.03. The van der Waals surface area contributed by atoms with E-state index in [0.29, 0.717) is 61.4 Å². The number of piperazine rings is 1. The molecule has 1 aromatic carbocycles. The summed E-state index contributed by atoms with van der Waals surface area (Å²) in [4.78, 5) is 42.2. The second kappa shape index (κ2) is 10.7. The average molecular weight is 466 g/mol. The zero-order valence-electron chi connectivity index (χ0n) is 17.2. The molecule has 166 valence electrons. The van der Waals surface area contributed by atoms with Crippen molar-refractivity contribution in [1.82, 2.24) is 14.7 Å². The average Bonchev–Trinajstić information content (AvgIpc) is 3.03. The maximum absolute atomic E-state index is 13.1. The van der Waals surface area contributed by atoms with E-state index < -0.39 is 0 Å². The molecule has 2 fully saturated rings. The van der Waals surface area contributed by atoms with Gasteiger partial charge in [0.05, 0.1) is 11.5 Å². The van der Waals surface area contributed by atoms with Crippen molar-refractivity contribution in [2.45, 2.75) is 19.8 Å². The van der Waals surface area contributed by atoms with E-state index in [4.69, 9.17) is 17.0 Å². The van der Waals surface area contributed by atoms with Gasteiger partial charge >= 0.3 is 6.09 Å². The van der Waals surface area contributed by atoms with Gasteiger partial charge in [0.15, 0.2) is 0 Å². The number of carbonyl (C=O) groups is 3. The lowest BCUT2D eigenvalue weighted by molar-refractivity contribution is -0.133. The molecule has 3 rings (SSSR count). The largest absolute Gasteiger partial charge is 0.450 e. The lowest BCUT2D eigenvalue weighted by Gasteiger charge is -2.34. The molecule has 1 aromatic rings. The van der Waals surface area contributed by atoms with E-state index in [0.717, 1.165) is 5.56 Å². The predicted octanol–water partition coefficient (Wildman–Crippen LogP) is 3.11. The molecule has 2 saturated heterocycles. The number of hydrogen-bond donors (Lipinski definition) is 0. The van der Waals surface area contributed by atoms with Gasteiger partial charge < -0.3 is 14.5 Å². The maximum atomic E-state index is 13.1. The molecule has 0 radical (unpaired) electrons. The molecule has 0 N–H and O–H groups in total. The van der Waals surface area contributed by atoms with Gasteiger partial charge in [0.1, 0.15) is 10.1 Å². The van der Waals surface area contributed by atoms with Crippen molar-refractivity contribution in [1.29, 1.82) is 0 Å². The van der Waals surface area contributed by atoms with Crippen molar-refractivity contribution in [3.63, 3.8) is 0 Å². The quantitative estimate of drug-likeness (QED) is 0.475. The molecule has 0 atom stereocenters. The third kappa shape index (κ3) is 6.04. The fraction of sp³-hybridized carbons (Fsp3) is 0.429. The normalized spacial score (nSPS) is 18.1. The van der Waals surface area contributed by atoms with Gasteiger partial charge in [-0.2, -0.15) is 0 Å². The minimum atomic E-state index is -0.349. The summed E-state index contributed by atoms with van der Waals surface area (Å²) in [5, 5.41) is 0. The number of halogens is 1. The Labute approximate surface area is 190 Å². The summed E-state index contributed by atoms with van der Waals surface area (Å²) in [5.41, 5.74) is 0.721. The Morgan fingerprint density at radius 2 is 1.81 bits per heavy atom. The van der Waals surface area contributed by atoms with Crippen LogP contribution in [0.5, 0.6) is 0 Å². The second-order valence-electron chi connectivity index (χ2n) is 7.06. The van der Waals surface area contributed by atoms with Crippen molar-refractivity contribution in [2.75, 3.05) is 39.3 Å². The van der Waals surface area contributed by atoms with Crippen LogP contribution in [0.2, 0.25) is 0 Å². The number of benzene rings is 1.